The molecule has 3 saturated carbocycles. The van der Waals surface area contributed by atoms with Crippen LogP contribution in [-0.4, -0.2) is 5.78 Å². The molecule has 2 bridgehead atoms. The number of carbonyl (C=O) groups is 1. The molecular weight excluding hydrogens is 220 g/mol. The Kier molecular flexibility index (Phi) is 2.70. The molecule has 3 rings (SSSR count). The van der Waals surface area contributed by atoms with Crippen LogP contribution in [0.1, 0.15) is 66.2 Å². The fourth-order valence-electron chi connectivity index (χ4n) is 5.62. The van der Waals surface area contributed by atoms with Gasteiger partial charge in [-0.15, -0.1) is 0 Å². The first-order valence-corrected chi connectivity index (χ1v) is 7.89. The molecule has 2 unspecified atom stereocenters. The minimum atomic E-state index is 0.328. The third kappa shape index (κ3) is 1.48. The fourth-order valence-corrected chi connectivity index (χ4v) is 5.62. The molecule has 3 aliphatic carbocycles. The van der Waals surface area contributed by atoms with Crippen molar-refractivity contribution in [1.29, 1.82) is 0 Å². The van der Waals surface area contributed by atoms with E-state index < -0.39 is 0 Å². The van der Waals surface area contributed by atoms with Gasteiger partial charge in [0.25, 0.3) is 0 Å². The van der Waals surface area contributed by atoms with Gasteiger partial charge in [-0.25, -0.2) is 0 Å². The van der Waals surface area contributed by atoms with Crippen LogP contribution in [0.5, 0.6) is 0 Å². The van der Waals surface area contributed by atoms with Crippen LogP contribution in [0.15, 0.2) is 0 Å². The standard InChI is InChI=1S/C17H28O/c1-11-9-12(5-6-15(11)18)14-10-13-7-8-17(14,4)16(13,2)3/h11-14H,5-10H2,1-4H3/t11?,12?,13-,14+,17+/m1/s1. The highest BCUT2D eigenvalue weighted by Gasteiger charge is 2.62. The van der Waals surface area contributed by atoms with E-state index in [1.54, 1.807) is 0 Å². The summed E-state index contributed by atoms with van der Waals surface area (Å²) >= 11 is 0. The molecule has 5 atom stereocenters. The van der Waals surface area contributed by atoms with Crippen LogP contribution >= 0.6 is 0 Å². The average Bonchev–Trinajstić information content (AvgIpc) is 2.65. The summed E-state index contributed by atoms with van der Waals surface area (Å²) in [6.07, 6.45) is 7.50. The van der Waals surface area contributed by atoms with Crippen LogP contribution in [0.4, 0.5) is 0 Å². The number of hydrogen-bond donors (Lipinski definition) is 0. The van der Waals surface area contributed by atoms with E-state index in [1.165, 1.54) is 32.1 Å². The van der Waals surface area contributed by atoms with Gasteiger partial charge >= 0.3 is 0 Å². The third-order valence-electron chi connectivity index (χ3n) is 7.40. The molecule has 3 fully saturated rings. The summed E-state index contributed by atoms with van der Waals surface area (Å²) in [6.45, 7) is 9.70. The van der Waals surface area contributed by atoms with Gasteiger partial charge in [-0.2, -0.15) is 0 Å². The lowest BCUT2D eigenvalue weighted by molar-refractivity contribution is -0.126. The van der Waals surface area contributed by atoms with Gasteiger partial charge < -0.3 is 0 Å². The number of fused-ring (bicyclic) bond motifs is 2. The van der Waals surface area contributed by atoms with Crippen molar-refractivity contribution < 1.29 is 4.79 Å². The highest BCUT2D eigenvalue weighted by molar-refractivity contribution is 5.81. The van der Waals surface area contributed by atoms with Gasteiger partial charge in [-0.3, -0.25) is 4.79 Å². The second-order valence-electron chi connectivity index (χ2n) is 8.12. The third-order valence-corrected chi connectivity index (χ3v) is 7.40. The van der Waals surface area contributed by atoms with E-state index in [-0.39, 0.29) is 0 Å². The number of hydrogen-bond acceptors (Lipinski definition) is 1. The second kappa shape index (κ2) is 3.84. The SMILES string of the molecule is CC1CC([C@@H]2C[C@H]3CC[C@]2(C)C3(C)C)CCC1=O. The molecule has 18 heavy (non-hydrogen) atoms. The number of Topliss-reactive ketones (excluding diaryl/α,β-unsaturated/α-hetero) is 1. The van der Waals surface area contributed by atoms with Crippen molar-refractivity contribution in [2.24, 2.45) is 34.5 Å². The van der Waals surface area contributed by atoms with Crippen LogP contribution in [-0.2, 0) is 4.79 Å². The van der Waals surface area contributed by atoms with Crippen molar-refractivity contribution in [1.82, 2.24) is 0 Å². The number of ketones is 1. The lowest BCUT2D eigenvalue weighted by Crippen LogP contribution is -2.38. The Labute approximate surface area is 112 Å². The Bertz CT molecular complexity index is 370. The van der Waals surface area contributed by atoms with Gasteiger partial charge in [-0.1, -0.05) is 27.7 Å². The molecule has 1 nitrogen and oxygen atoms in total. The maximum atomic E-state index is 11.7. The molecule has 0 N–H and O–H groups in total. The highest BCUT2D eigenvalue weighted by atomic mass is 16.1. The van der Waals surface area contributed by atoms with E-state index in [1.807, 2.05) is 0 Å². The van der Waals surface area contributed by atoms with Crippen molar-refractivity contribution in [2.75, 3.05) is 0 Å². The Hall–Kier alpha value is -0.330. The van der Waals surface area contributed by atoms with E-state index in [4.69, 9.17) is 0 Å². The predicted octanol–water partition coefficient (Wildman–Crippen LogP) is 4.45. The first-order chi connectivity index (χ1) is 8.36. The van der Waals surface area contributed by atoms with Gasteiger partial charge in [0.1, 0.15) is 5.78 Å². The quantitative estimate of drug-likeness (QED) is 0.670. The summed E-state index contributed by atoms with van der Waals surface area (Å²) in [5, 5.41) is 0. The lowest BCUT2D eigenvalue weighted by Gasteiger charge is -2.44. The van der Waals surface area contributed by atoms with Crippen LogP contribution < -0.4 is 0 Å². The average molecular weight is 248 g/mol. The Morgan fingerprint density at radius 3 is 2.33 bits per heavy atom. The maximum absolute atomic E-state index is 11.7. The topological polar surface area (TPSA) is 17.1 Å². The van der Waals surface area contributed by atoms with Crippen LogP contribution in [0.3, 0.4) is 0 Å². The van der Waals surface area contributed by atoms with Crippen molar-refractivity contribution >= 4 is 5.78 Å². The Morgan fingerprint density at radius 1 is 1.11 bits per heavy atom. The lowest BCUT2D eigenvalue weighted by atomic mass is 9.60. The second-order valence-corrected chi connectivity index (χ2v) is 8.12. The van der Waals surface area contributed by atoms with Gasteiger partial charge in [-0.05, 0) is 60.7 Å². The van der Waals surface area contributed by atoms with E-state index in [0.29, 0.717) is 22.5 Å². The zero-order valence-electron chi connectivity index (χ0n) is 12.5. The number of carbonyl (C=O) groups excluding carboxylic acids is 1. The molecule has 3 aliphatic rings. The molecule has 0 heterocycles. The van der Waals surface area contributed by atoms with Gasteiger partial charge in [0.2, 0.25) is 0 Å². The molecule has 1 heteroatoms. The molecule has 102 valence electrons. The molecular formula is C17H28O. The van der Waals surface area contributed by atoms with E-state index in [2.05, 4.69) is 27.7 Å². The molecule has 0 saturated heterocycles. The Balaban J connectivity index is 1.81. The molecule has 0 aromatic rings. The zero-order chi connectivity index (χ0) is 13.1. The zero-order valence-corrected chi connectivity index (χ0v) is 12.5. The highest BCUT2D eigenvalue weighted by Crippen LogP contribution is 2.70. The van der Waals surface area contributed by atoms with Crippen LogP contribution in [0, 0.1) is 34.5 Å². The van der Waals surface area contributed by atoms with Crippen molar-refractivity contribution in [3.05, 3.63) is 0 Å². The molecule has 0 aromatic carbocycles. The monoisotopic (exact) mass is 248 g/mol. The van der Waals surface area contributed by atoms with Gasteiger partial charge in [0.15, 0.2) is 0 Å². The van der Waals surface area contributed by atoms with E-state index in [0.717, 1.165) is 24.2 Å². The molecule has 0 aliphatic heterocycles. The van der Waals surface area contributed by atoms with Crippen LogP contribution in [0.2, 0.25) is 0 Å². The Morgan fingerprint density at radius 2 is 1.83 bits per heavy atom. The van der Waals surface area contributed by atoms with E-state index in [9.17, 15) is 4.79 Å². The normalized spacial score (nSPS) is 50.8. The summed E-state index contributed by atoms with van der Waals surface area (Å²) < 4.78 is 0. The summed E-state index contributed by atoms with van der Waals surface area (Å²) in [5.74, 6) is 3.50. The first kappa shape index (κ1) is 12.7. The molecule has 0 amide bonds. The summed E-state index contributed by atoms with van der Waals surface area (Å²) in [7, 11) is 0. The number of rotatable bonds is 1. The van der Waals surface area contributed by atoms with Crippen molar-refractivity contribution in [3.63, 3.8) is 0 Å². The summed E-state index contributed by atoms with van der Waals surface area (Å²) in [5.41, 5.74) is 1.07. The molecule has 0 radical (unpaired) electrons. The fraction of sp³-hybridized carbons (Fsp3) is 0.941. The smallest absolute Gasteiger partial charge is 0.135 e. The summed E-state index contributed by atoms with van der Waals surface area (Å²) in [6, 6.07) is 0. The maximum Gasteiger partial charge on any atom is 0.135 e. The van der Waals surface area contributed by atoms with E-state index >= 15 is 0 Å². The molecule has 0 spiro atoms. The van der Waals surface area contributed by atoms with Crippen molar-refractivity contribution in [2.45, 2.75) is 66.2 Å². The summed E-state index contributed by atoms with van der Waals surface area (Å²) in [4.78, 5) is 11.7. The first-order valence-electron chi connectivity index (χ1n) is 7.89. The predicted molar refractivity (Wildman–Crippen MR) is 74.2 cm³/mol. The van der Waals surface area contributed by atoms with Gasteiger partial charge in [0.05, 0.1) is 0 Å². The van der Waals surface area contributed by atoms with Crippen molar-refractivity contribution in [3.8, 4) is 0 Å². The van der Waals surface area contributed by atoms with Gasteiger partial charge in [0, 0.05) is 12.3 Å². The largest absolute Gasteiger partial charge is 0.299 e. The molecule has 0 aromatic heterocycles. The minimum Gasteiger partial charge on any atom is -0.299 e. The minimum absolute atomic E-state index is 0.328. The van der Waals surface area contributed by atoms with Crippen LogP contribution in [0.25, 0.3) is 0 Å².